The lowest BCUT2D eigenvalue weighted by molar-refractivity contribution is -0.384. The maximum absolute atomic E-state index is 10.8. The molecule has 104 valence electrons. The highest BCUT2D eigenvalue weighted by Gasteiger charge is 2.21. The maximum atomic E-state index is 10.8. The topological polar surface area (TPSA) is 92.9 Å². The highest BCUT2D eigenvalue weighted by molar-refractivity contribution is 5.73. The fourth-order valence-electron chi connectivity index (χ4n) is 1.39. The van der Waals surface area contributed by atoms with E-state index in [2.05, 4.69) is 0 Å². The van der Waals surface area contributed by atoms with Crippen LogP contribution in [0.25, 0.3) is 0 Å². The van der Waals surface area contributed by atoms with Gasteiger partial charge in [0.15, 0.2) is 0 Å². The molecule has 0 spiro atoms. The van der Waals surface area contributed by atoms with Crippen LogP contribution in [0.3, 0.4) is 0 Å². The van der Waals surface area contributed by atoms with Crippen LogP contribution >= 0.6 is 0 Å². The normalized spacial score (nSPS) is 11.1. The standard InChI is InChI=1S/C12H16N2O5/c1-12(2,3)19-13(8-11(15)16)9-5-4-6-10(7-9)14(17)18/h4-7H,8H2,1-3H3,(H,15,16). The molecular formula is C12H16N2O5. The Kier molecular flexibility index (Phi) is 4.44. The van der Waals surface area contributed by atoms with Crippen molar-refractivity contribution in [2.75, 3.05) is 11.6 Å². The molecule has 7 heteroatoms. The molecule has 0 bridgehead atoms. The Morgan fingerprint density at radius 3 is 2.58 bits per heavy atom. The monoisotopic (exact) mass is 268 g/mol. The number of nitro benzene ring substituents is 1. The maximum Gasteiger partial charge on any atom is 0.325 e. The minimum atomic E-state index is -1.09. The van der Waals surface area contributed by atoms with E-state index in [0.29, 0.717) is 5.69 Å². The zero-order valence-corrected chi connectivity index (χ0v) is 11.0. The second-order valence-electron chi connectivity index (χ2n) is 4.91. The van der Waals surface area contributed by atoms with E-state index in [4.69, 9.17) is 9.94 Å². The Bertz CT molecular complexity index is 481. The van der Waals surface area contributed by atoms with Crippen LogP contribution in [-0.2, 0) is 9.63 Å². The first-order chi connectivity index (χ1) is 8.69. The Morgan fingerprint density at radius 1 is 1.47 bits per heavy atom. The van der Waals surface area contributed by atoms with Crippen LogP contribution in [0.1, 0.15) is 20.8 Å². The van der Waals surface area contributed by atoms with Crippen molar-refractivity contribution < 1.29 is 19.7 Å². The zero-order valence-electron chi connectivity index (χ0n) is 11.0. The molecule has 0 aromatic heterocycles. The van der Waals surface area contributed by atoms with E-state index in [1.807, 2.05) is 0 Å². The molecule has 0 fully saturated rings. The fourth-order valence-corrected chi connectivity index (χ4v) is 1.39. The summed E-state index contributed by atoms with van der Waals surface area (Å²) >= 11 is 0. The molecule has 1 N–H and O–H groups in total. The number of carboxylic acids is 1. The number of hydrogen-bond acceptors (Lipinski definition) is 5. The molecule has 1 aromatic carbocycles. The number of rotatable bonds is 5. The quantitative estimate of drug-likeness (QED) is 0.650. The fraction of sp³-hybridized carbons (Fsp3) is 0.417. The van der Waals surface area contributed by atoms with Crippen molar-refractivity contribution in [3.05, 3.63) is 34.4 Å². The molecule has 0 aliphatic rings. The van der Waals surface area contributed by atoms with Crippen LogP contribution in [0.15, 0.2) is 24.3 Å². The van der Waals surface area contributed by atoms with E-state index in [-0.39, 0.29) is 5.69 Å². The van der Waals surface area contributed by atoms with E-state index in [0.717, 1.165) is 5.06 Å². The molecule has 7 nitrogen and oxygen atoms in total. The van der Waals surface area contributed by atoms with Gasteiger partial charge in [0, 0.05) is 12.1 Å². The zero-order chi connectivity index (χ0) is 14.6. The third-order valence-electron chi connectivity index (χ3n) is 1.99. The van der Waals surface area contributed by atoms with E-state index in [1.165, 1.54) is 18.2 Å². The van der Waals surface area contributed by atoms with Crippen molar-refractivity contribution in [3.8, 4) is 0 Å². The van der Waals surface area contributed by atoms with Crippen molar-refractivity contribution >= 4 is 17.3 Å². The first kappa shape index (κ1) is 14.9. The summed E-state index contributed by atoms with van der Waals surface area (Å²) < 4.78 is 0. The molecule has 0 aliphatic carbocycles. The number of benzene rings is 1. The lowest BCUT2D eigenvalue weighted by Crippen LogP contribution is -2.37. The summed E-state index contributed by atoms with van der Waals surface area (Å²) in [5.41, 5.74) is -0.406. The van der Waals surface area contributed by atoms with Gasteiger partial charge in [-0.25, -0.2) is 5.06 Å². The summed E-state index contributed by atoms with van der Waals surface area (Å²) in [6.07, 6.45) is 0. The number of non-ortho nitro benzene ring substituents is 1. The summed E-state index contributed by atoms with van der Waals surface area (Å²) in [5, 5.41) is 20.7. The summed E-state index contributed by atoms with van der Waals surface area (Å²) in [4.78, 5) is 26.5. The van der Waals surface area contributed by atoms with Crippen LogP contribution < -0.4 is 5.06 Å². The molecule has 0 saturated carbocycles. The summed E-state index contributed by atoms with van der Waals surface area (Å²) in [6, 6.07) is 5.64. The Balaban J connectivity index is 3.06. The summed E-state index contributed by atoms with van der Waals surface area (Å²) in [5.74, 6) is -1.09. The first-order valence-electron chi connectivity index (χ1n) is 5.62. The number of nitro groups is 1. The number of nitrogens with zero attached hydrogens (tertiary/aromatic N) is 2. The lowest BCUT2D eigenvalue weighted by Gasteiger charge is -2.30. The van der Waals surface area contributed by atoms with Crippen LogP contribution in [0, 0.1) is 10.1 Å². The predicted octanol–water partition coefficient (Wildman–Crippen LogP) is 2.22. The van der Waals surface area contributed by atoms with Crippen molar-refractivity contribution in [1.82, 2.24) is 0 Å². The van der Waals surface area contributed by atoms with Gasteiger partial charge >= 0.3 is 5.97 Å². The summed E-state index contributed by atoms with van der Waals surface area (Å²) in [7, 11) is 0. The number of anilines is 1. The molecule has 0 saturated heterocycles. The van der Waals surface area contributed by atoms with Crippen LogP contribution in [0.4, 0.5) is 11.4 Å². The first-order valence-corrected chi connectivity index (χ1v) is 5.62. The molecular weight excluding hydrogens is 252 g/mol. The van der Waals surface area contributed by atoms with Gasteiger partial charge in [0.1, 0.15) is 6.54 Å². The largest absolute Gasteiger partial charge is 0.480 e. The molecule has 0 radical (unpaired) electrons. The summed E-state index contributed by atoms with van der Waals surface area (Å²) in [6.45, 7) is 4.88. The molecule has 0 amide bonds. The van der Waals surface area contributed by atoms with Gasteiger partial charge in [0.2, 0.25) is 0 Å². The predicted molar refractivity (Wildman–Crippen MR) is 68.9 cm³/mol. The van der Waals surface area contributed by atoms with Gasteiger partial charge in [-0.15, -0.1) is 0 Å². The van der Waals surface area contributed by atoms with Crippen molar-refractivity contribution in [1.29, 1.82) is 0 Å². The van der Waals surface area contributed by atoms with Gasteiger partial charge in [-0.3, -0.25) is 19.7 Å². The average Bonchev–Trinajstić information content (AvgIpc) is 2.25. The van der Waals surface area contributed by atoms with Crippen LogP contribution in [-0.4, -0.2) is 28.1 Å². The second-order valence-corrected chi connectivity index (χ2v) is 4.91. The highest BCUT2D eigenvalue weighted by Crippen LogP contribution is 2.23. The highest BCUT2D eigenvalue weighted by atomic mass is 16.7. The molecule has 0 atom stereocenters. The van der Waals surface area contributed by atoms with Gasteiger partial charge in [-0.1, -0.05) is 6.07 Å². The molecule has 19 heavy (non-hydrogen) atoms. The van der Waals surface area contributed by atoms with Crippen molar-refractivity contribution in [3.63, 3.8) is 0 Å². The third-order valence-corrected chi connectivity index (χ3v) is 1.99. The van der Waals surface area contributed by atoms with Crippen molar-refractivity contribution in [2.24, 2.45) is 0 Å². The van der Waals surface area contributed by atoms with E-state index in [1.54, 1.807) is 26.8 Å². The Morgan fingerprint density at radius 2 is 2.11 bits per heavy atom. The van der Waals surface area contributed by atoms with E-state index < -0.39 is 23.0 Å². The van der Waals surface area contributed by atoms with Gasteiger partial charge in [0.25, 0.3) is 5.69 Å². The SMILES string of the molecule is CC(C)(C)ON(CC(=O)O)c1cccc([N+](=O)[O-])c1. The third kappa shape index (κ3) is 4.92. The minimum absolute atomic E-state index is 0.120. The lowest BCUT2D eigenvalue weighted by atomic mass is 10.2. The Hall–Kier alpha value is -2.15. The van der Waals surface area contributed by atoms with Gasteiger partial charge in [-0.2, -0.15) is 0 Å². The van der Waals surface area contributed by atoms with Crippen LogP contribution in [0.2, 0.25) is 0 Å². The molecule has 0 aliphatic heterocycles. The number of hydroxylamine groups is 1. The smallest absolute Gasteiger partial charge is 0.325 e. The molecule has 1 rings (SSSR count). The number of aliphatic carboxylic acids is 1. The Labute approximate surface area is 110 Å². The molecule has 0 heterocycles. The van der Waals surface area contributed by atoms with E-state index in [9.17, 15) is 14.9 Å². The molecule has 0 unspecified atom stereocenters. The van der Waals surface area contributed by atoms with E-state index >= 15 is 0 Å². The van der Waals surface area contributed by atoms with Crippen LogP contribution in [0.5, 0.6) is 0 Å². The van der Waals surface area contributed by atoms with Gasteiger partial charge < -0.3 is 5.11 Å². The number of carboxylic acid groups (broad SMARTS) is 1. The average molecular weight is 268 g/mol. The van der Waals surface area contributed by atoms with Gasteiger partial charge in [0.05, 0.1) is 16.2 Å². The number of hydrogen-bond donors (Lipinski definition) is 1. The molecule has 1 aromatic rings. The number of carbonyl (C=O) groups is 1. The second kappa shape index (κ2) is 5.66. The minimum Gasteiger partial charge on any atom is -0.480 e. The van der Waals surface area contributed by atoms with Crippen molar-refractivity contribution in [2.45, 2.75) is 26.4 Å². The van der Waals surface area contributed by atoms with Gasteiger partial charge in [-0.05, 0) is 26.8 Å².